The first-order valence-electron chi connectivity index (χ1n) is 20.6. The van der Waals surface area contributed by atoms with Gasteiger partial charge in [-0.15, -0.1) is 0 Å². The summed E-state index contributed by atoms with van der Waals surface area (Å²) in [5.74, 6) is 1.29. The molecule has 3 aromatic heterocycles. The lowest BCUT2D eigenvalue weighted by molar-refractivity contribution is 1.17. The summed E-state index contributed by atoms with van der Waals surface area (Å²) in [5, 5.41) is 14.1. The Bertz CT molecular complexity index is 3870. The van der Waals surface area contributed by atoms with Crippen molar-refractivity contribution in [2.75, 3.05) is 0 Å². The first kappa shape index (κ1) is 33.7. The summed E-state index contributed by atoms with van der Waals surface area (Å²) in [6, 6.07) is 66.9. The maximum atomic E-state index is 5.34. The van der Waals surface area contributed by atoms with Crippen molar-refractivity contribution in [2.45, 2.75) is 0 Å². The van der Waals surface area contributed by atoms with Crippen LogP contribution in [0.15, 0.2) is 200 Å². The molecule has 61 heavy (non-hydrogen) atoms. The molecule has 0 saturated heterocycles. The van der Waals surface area contributed by atoms with Gasteiger partial charge in [0, 0.05) is 50.8 Å². The predicted molar refractivity (Wildman–Crippen MR) is 253 cm³/mol. The van der Waals surface area contributed by atoms with Gasteiger partial charge in [0.15, 0.2) is 11.6 Å². The minimum atomic E-state index is 0.644. The van der Waals surface area contributed by atoms with Gasteiger partial charge in [-0.1, -0.05) is 152 Å². The van der Waals surface area contributed by atoms with E-state index >= 15 is 0 Å². The van der Waals surface area contributed by atoms with Crippen LogP contribution in [0.2, 0.25) is 0 Å². The molecular weight excluding hydrogens is 743 g/mol. The zero-order chi connectivity index (χ0) is 40.0. The van der Waals surface area contributed by atoms with Crippen LogP contribution in [-0.2, 0) is 0 Å². The normalized spacial score (nSPS) is 11.9. The van der Waals surface area contributed by atoms with Gasteiger partial charge in [0.05, 0.1) is 11.0 Å². The van der Waals surface area contributed by atoms with Crippen LogP contribution in [0.3, 0.4) is 0 Å². The lowest BCUT2D eigenvalue weighted by Gasteiger charge is -2.13. The fourth-order valence-electron chi connectivity index (χ4n) is 9.66. The SMILES string of the molecule is c1cc(-c2ccc3c4ccccc4c4ccccc4c3c2)cc(-c2ncc3c4ccccc4c4cnc(-c5cccc(-n6c7ccccc7c7ccccc76)c5)nc4c3n2)c1. The van der Waals surface area contributed by atoms with E-state index in [1.54, 1.807) is 0 Å². The van der Waals surface area contributed by atoms with E-state index in [1.807, 2.05) is 12.4 Å². The molecule has 3 heterocycles. The molecule has 0 aliphatic rings. The molecule has 13 rings (SSSR count). The second-order valence-corrected chi connectivity index (χ2v) is 15.8. The largest absolute Gasteiger partial charge is 0.309 e. The number of nitrogens with zero attached hydrogens (tertiary/aromatic N) is 5. The molecule has 0 unspecified atom stereocenters. The second-order valence-electron chi connectivity index (χ2n) is 15.8. The average molecular weight is 776 g/mol. The van der Waals surface area contributed by atoms with E-state index in [4.69, 9.17) is 19.9 Å². The lowest BCUT2D eigenvalue weighted by Crippen LogP contribution is -1.98. The van der Waals surface area contributed by atoms with Crippen molar-refractivity contribution in [3.8, 4) is 39.6 Å². The van der Waals surface area contributed by atoms with Crippen LogP contribution in [0.1, 0.15) is 0 Å². The molecule has 282 valence electrons. The summed E-state index contributed by atoms with van der Waals surface area (Å²) < 4.78 is 2.33. The summed E-state index contributed by atoms with van der Waals surface area (Å²) in [5.41, 5.74) is 9.11. The van der Waals surface area contributed by atoms with Gasteiger partial charge in [0.25, 0.3) is 0 Å². The number of rotatable bonds is 4. The molecule has 0 aliphatic carbocycles. The third kappa shape index (κ3) is 5.14. The minimum Gasteiger partial charge on any atom is -0.309 e. The quantitative estimate of drug-likeness (QED) is 0.167. The average Bonchev–Trinajstić information content (AvgIpc) is 3.68. The summed E-state index contributed by atoms with van der Waals surface area (Å²) in [6.07, 6.45) is 3.92. The minimum absolute atomic E-state index is 0.644. The fraction of sp³-hybridized carbons (Fsp3) is 0. The first-order chi connectivity index (χ1) is 30.2. The summed E-state index contributed by atoms with van der Waals surface area (Å²) >= 11 is 0. The van der Waals surface area contributed by atoms with Gasteiger partial charge in [0.2, 0.25) is 0 Å². The molecular formula is C56H33N5. The molecule has 0 saturated carbocycles. The van der Waals surface area contributed by atoms with Crippen LogP contribution < -0.4 is 0 Å². The molecule has 5 nitrogen and oxygen atoms in total. The topological polar surface area (TPSA) is 56.5 Å². The Morgan fingerprint density at radius 3 is 1.25 bits per heavy atom. The van der Waals surface area contributed by atoms with Crippen LogP contribution in [0.4, 0.5) is 0 Å². The van der Waals surface area contributed by atoms with Crippen molar-refractivity contribution in [3.63, 3.8) is 0 Å². The van der Waals surface area contributed by atoms with Crippen LogP contribution in [0, 0.1) is 0 Å². The van der Waals surface area contributed by atoms with Gasteiger partial charge in [-0.2, -0.15) is 0 Å². The van der Waals surface area contributed by atoms with Crippen molar-refractivity contribution in [1.82, 2.24) is 24.5 Å². The molecule has 0 spiro atoms. The first-order valence-corrected chi connectivity index (χ1v) is 20.6. The Hall–Kier alpha value is -8.28. The third-order valence-electron chi connectivity index (χ3n) is 12.5. The predicted octanol–water partition coefficient (Wildman–Crippen LogP) is 14.3. The monoisotopic (exact) mass is 775 g/mol. The number of fused-ring (bicyclic) bond motifs is 15. The van der Waals surface area contributed by atoms with Gasteiger partial charge in [0.1, 0.15) is 11.0 Å². The summed E-state index contributed by atoms with van der Waals surface area (Å²) in [4.78, 5) is 20.7. The molecule has 0 fully saturated rings. The van der Waals surface area contributed by atoms with Gasteiger partial charge < -0.3 is 4.57 Å². The van der Waals surface area contributed by atoms with Crippen LogP contribution in [0.25, 0.3) is 126 Å². The molecule has 13 aromatic rings. The van der Waals surface area contributed by atoms with Crippen molar-refractivity contribution in [3.05, 3.63) is 200 Å². The van der Waals surface area contributed by atoms with E-state index in [2.05, 4.69) is 193 Å². The maximum absolute atomic E-state index is 5.34. The zero-order valence-electron chi connectivity index (χ0n) is 32.8. The van der Waals surface area contributed by atoms with Gasteiger partial charge in [-0.3, -0.25) is 0 Å². The Balaban J connectivity index is 0.960. The Labute approximate surface area is 349 Å². The smallest absolute Gasteiger partial charge is 0.159 e. The highest BCUT2D eigenvalue weighted by atomic mass is 15.0. The molecule has 5 heteroatoms. The molecule has 0 radical (unpaired) electrons. The van der Waals surface area contributed by atoms with Gasteiger partial charge in [-0.25, -0.2) is 19.9 Å². The zero-order valence-corrected chi connectivity index (χ0v) is 32.8. The van der Waals surface area contributed by atoms with Crippen LogP contribution >= 0.6 is 0 Å². The second kappa shape index (κ2) is 13.1. The number of hydrogen-bond donors (Lipinski definition) is 0. The van der Waals surface area contributed by atoms with E-state index in [-0.39, 0.29) is 0 Å². The van der Waals surface area contributed by atoms with Crippen molar-refractivity contribution in [2.24, 2.45) is 0 Å². The molecule has 0 atom stereocenters. The highest BCUT2D eigenvalue weighted by Gasteiger charge is 2.18. The number of hydrogen-bond acceptors (Lipinski definition) is 4. The van der Waals surface area contributed by atoms with E-state index in [0.29, 0.717) is 11.6 Å². The number of benzene rings is 10. The van der Waals surface area contributed by atoms with E-state index in [0.717, 1.165) is 71.6 Å². The Morgan fingerprint density at radius 1 is 0.279 bits per heavy atom. The lowest BCUT2D eigenvalue weighted by atomic mass is 9.92. The van der Waals surface area contributed by atoms with Crippen molar-refractivity contribution >= 4 is 86.7 Å². The van der Waals surface area contributed by atoms with Crippen molar-refractivity contribution in [1.29, 1.82) is 0 Å². The summed E-state index contributed by atoms with van der Waals surface area (Å²) in [7, 11) is 0. The fourth-order valence-corrected chi connectivity index (χ4v) is 9.66. The molecule has 10 aromatic carbocycles. The molecule has 0 aliphatic heterocycles. The third-order valence-corrected chi connectivity index (χ3v) is 12.5. The molecule has 0 bridgehead atoms. The van der Waals surface area contributed by atoms with E-state index in [9.17, 15) is 0 Å². The highest BCUT2D eigenvalue weighted by Crippen LogP contribution is 2.39. The Kier molecular flexibility index (Phi) is 7.24. The van der Waals surface area contributed by atoms with Crippen molar-refractivity contribution < 1.29 is 0 Å². The molecule has 0 amide bonds. The maximum Gasteiger partial charge on any atom is 0.159 e. The van der Waals surface area contributed by atoms with Crippen LogP contribution in [-0.4, -0.2) is 24.5 Å². The molecule has 0 N–H and O–H groups in total. The number of para-hydroxylation sites is 2. The highest BCUT2D eigenvalue weighted by molar-refractivity contribution is 6.26. The van der Waals surface area contributed by atoms with E-state index in [1.165, 1.54) is 43.1 Å². The van der Waals surface area contributed by atoms with Gasteiger partial charge >= 0.3 is 0 Å². The van der Waals surface area contributed by atoms with E-state index < -0.39 is 0 Å². The van der Waals surface area contributed by atoms with Gasteiger partial charge in [-0.05, 0) is 90.6 Å². The standard InChI is InChI=1S/C56H33N5/c1-2-19-41-39(17-1)40-18-3-4-20-42(40)48-31-35(27-28-45(41)48)34-13-11-14-36(29-34)55-57-32-49-43-21-5-6-22-44(43)50-33-58-56(60-54(50)53(49)59-55)37-15-12-16-38(30-37)61-51-25-9-7-23-46(51)47-24-8-10-26-52(47)61/h1-33H. The number of aromatic nitrogens is 5. The van der Waals surface area contributed by atoms with Crippen LogP contribution in [0.5, 0.6) is 0 Å². The summed E-state index contributed by atoms with van der Waals surface area (Å²) in [6.45, 7) is 0. The Morgan fingerprint density at radius 2 is 0.689 bits per heavy atom.